The van der Waals surface area contributed by atoms with Gasteiger partial charge in [0.1, 0.15) is 0 Å². The van der Waals surface area contributed by atoms with Crippen molar-refractivity contribution in [1.82, 2.24) is 19.5 Å². The highest BCUT2D eigenvalue weighted by Crippen LogP contribution is 2.22. The topological polar surface area (TPSA) is 62.5 Å². The zero-order chi connectivity index (χ0) is 19.7. The molecule has 1 N–H and O–H groups in total. The molecule has 0 atom stereocenters. The van der Waals surface area contributed by atoms with E-state index in [1.165, 1.54) is 5.56 Å². The molecule has 2 aromatic carbocycles. The third kappa shape index (κ3) is 3.44. The lowest BCUT2D eigenvalue weighted by atomic mass is 10.1. The number of fused-ring (bicyclic) bond motifs is 1. The van der Waals surface area contributed by atoms with Crippen molar-refractivity contribution >= 4 is 23.2 Å². The van der Waals surface area contributed by atoms with Crippen LogP contribution in [0, 0.1) is 6.92 Å². The summed E-state index contributed by atoms with van der Waals surface area (Å²) >= 11 is 0. The number of aromatic nitrogens is 3. The second kappa shape index (κ2) is 7.15. The molecule has 28 heavy (non-hydrogen) atoms. The maximum atomic E-state index is 12.0. The number of carbonyl (C=O) groups is 1. The molecule has 0 bridgehead atoms. The van der Waals surface area contributed by atoms with Crippen LogP contribution in [0.5, 0.6) is 0 Å². The molecule has 1 amide bonds. The number of rotatable bonds is 4. The number of hydrogen-bond donors (Lipinski definition) is 1. The van der Waals surface area contributed by atoms with Crippen LogP contribution >= 0.6 is 0 Å². The van der Waals surface area contributed by atoms with E-state index in [2.05, 4.69) is 46.6 Å². The zero-order valence-electron chi connectivity index (χ0n) is 16.0. The Kier molecular flexibility index (Phi) is 4.53. The fourth-order valence-electron chi connectivity index (χ4n) is 2.98. The fourth-order valence-corrected chi connectivity index (χ4v) is 2.98. The minimum Gasteiger partial charge on any atom is -0.345 e. The standard InChI is InChI=1S/C22H21N5O/c1-15-7-9-16(10-8-15)19-5-4-6-20-24-22(25-27(19)20)23-18-13-11-17(12-14-18)21(28)26(2)3/h4-14H,1-3H3,(H,23,25). The van der Waals surface area contributed by atoms with Gasteiger partial charge in [-0.2, -0.15) is 4.98 Å². The van der Waals surface area contributed by atoms with Crippen LogP contribution in [-0.2, 0) is 0 Å². The molecule has 0 saturated carbocycles. The number of nitrogens with one attached hydrogen (secondary N) is 1. The Morgan fingerprint density at radius 2 is 1.68 bits per heavy atom. The third-order valence-electron chi connectivity index (χ3n) is 4.50. The van der Waals surface area contributed by atoms with Crippen LogP contribution in [0.3, 0.4) is 0 Å². The quantitative estimate of drug-likeness (QED) is 0.585. The van der Waals surface area contributed by atoms with Gasteiger partial charge in [-0.1, -0.05) is 35.9 Å². The van der Waals surface area contributed by atoms with Crippen LogP contribution in [0.1, 0.15) is 15.9 Å². The highest BCUT2D eigenvalue weighted by atomic mass is 16.2. The van der Waals surface area contributed by atoms with E-state index in [9.17, 15) is 4.79 Å². The van der Waals surface area contributed by atoms with Crippen LogP contribution in [0.4, 0.5) is 11.6 Å². The largest absolute Gasteiger partial charge is 0.345 e. The SMILES string of the molecule is Cc1ccc(-c2cccc3nc(Nc4ccc(C(=O)N(C)C)cc4)nn23)cc1. The Morgan fingerprint density at radius 3 is 2.36 bits per heavy atom. The molecule has 0 aliphatic heterocycles. The molecular formula is C22H21N5O. The number of amides is 1. The number of aryl methyl sites for hydroxylation is 1. The van der Waals surface area contributed by atoms with E-state index in [0.717, 1.165) is 22.6 Å². The van der Waals surface area contributed by atoms with E-state index in [0.29, 0.717) is 11.5 Å². The molecule has 0 radical (unpaired) electrons. The lowest BCUT2D eigenvalue weighted by Gasteiger charge is -2.10. The van der Waals surface area contributed by atoms with Crippen LogP contribution in [0.2, 0.25) is 0 Å². The van der Waals surface area contributed by atoms with Crippen molar-refractivity contribution in [2.75, 3.05) is 19.4 Å². The number of anilines is 2. The molecular weight excluding hydrogens is 350 g/mol. The van der Waals surface area contributed by atoms with Crippen molar-refractivity contribution < 1.29 is 4.79 Å². The van der Waals surface area contributed by atoms with Crippen molar-refractivity contribution in [3.8, 4) is 11.3 Å². The van der Waals surface area contributed by atoms with Gasteiger partial charge in [0.2, 0.25) is 5.95 Å². The number of benzene rings is 2. The molecule has 4 aromatic rings. The van der Waals surface area contributed by atoms with Crippen molar-refractivity contribution in [3.05, 3.63) is 77.9 Å². The van der Waals surface area contributed by atoms with Crippen molar-refractivity contribution in [3.63, 3.8) is 0 Å². The molecule has 2 heterocycles. The van der Waals surface area contributed by atoms with Gasteiger partial charge < -0.3 is 10.2 Å². The maximum Gasteiger partial charge on any atom is 0.253 e. The molecule has 2 aromatic heterocycles. The van der Waals surface area contributed by atoms with E-state index in [4.69, 9.17) is 0 Å². The Balaban J connectivity index is 1.63. The predicted octanol–water partition coefficient (Wildman–Crippen LogP) is 4.15. The highest BCUT2D eigenvalue weighted by molar-refractivity contribution is 5.94. The van der Waals surface area contributed by atoms with Gasteiger partial charge in [0.25, 0.3) is 5.91 Å². The van der Waals surface area contributed by atoms with E-state index in [-0.39, 0.29) is 5.91 Å². The van der Waals surface area contributed by atoms with E-state index in [1.54, 1.807) is 31.1 Å². The number of pyridine rings is 1. The lowest BCUT2D eigenvalue weighted by Crippen LogP contribution is -2.21. The Bertz CT molecular complexity index is 1130. The van der Waals surface area contributed by atoms with E-state index >= 15 is 0 Å². The summed E-state index contributed by atoms with van der Waals surface area (Å²) in [5.74, 6) is 0.478. The second-order valence-corrected chi connectivity index (χ2v) is 6.88. The molecule has 140 valence electrons. The third-order valence-corrected chi connectivity index (χ3v) is 4.50. The minimum absolute atomic E-state index is 0.0276. The minimum atomic E-state index is -0.0276. The average Bonchev–Trinajstić information content (AvgIpc) is 3.11. The van der Waals surface area contributed by atoms with Crippen molar-refractivity contribution in [2.24, 2.45) is 0 Å². The summed E-state index contributed by atoms with van der Waals surface area (Å²) in [6.45, 7) is 2.07. The van der Waals surface area contributed by atoms with Crippen LogP contribution < -0.4 is 5.32 Å². The number of carbonyl (C=O) groups excluding carboxylic acids is 1. The van der Waals surface area contributed by atoms with Gasteiger partial charge in [-0.15, -0.1) is 5.10 Å². The maximum absolute atomic E-state index is 12.0. The first-order chi connectivity index (χ1) is 13.5. The van der Waals surface area contributed by atoms with Gasteiger partial charge in [0.15, 0.2) is 5.65 Å². The first kappa shape index (κ1) is 17.7. The predicted molar refractivity (Wildman–Crippen MR) is 111 cm³/mol. The van der Waals surface area contributed by atoms with Gasteiger partial charge >= 0.3 is 0 Å². The molecule has 0 aliphatic rings. The monoisotopic (exact) mass is 371 g/mol. The molecule has 0 spiro atoms. The van der Waals surface area contributed by atoms with Gasteiger partial charge in [-0.25, -0.2) is 4.52 Å². The molecule has 4 rings (SSSR count). The fraction of sp³-hybridized carbons (Fsp3) is 0.136. The Labute approximate surface area is 163 Å². The van der Waals surface area contributed by atoms with Crippen LogP contribution in [-0.4, -0.2) is 39.5 Å². The summed E-state index contributed by atoms with van der Waals surface area (Å²) in [5, 5.41) is 7.82. The van der Waals surface area contributed by atoms with E-state index in [1.807, 2.05) is 34.8 Å². The number of nitrogens with zero attached hydrogens (tertiary/aromatic N) is 4. The van der Waals surface area contributed by atoms with Crippen LogP contribution in [0.25, 0.3) is 16.9 Å². The second-order valence-electron chi connectivity index (χ2n) is 6.88. The Hall–Kier alpha value is -3.67. The summed E-state index contributed by atoms with van der Waals surface area (Å²) in [7, 11) is 3.47. The molecule has 0 aliphatic carbocycles. The smallest absolute Gasteiger partial charge is 0.253 e. The van der Waals surface area contributed by atoms with Gasteiger partial charge in [0.05, 0.1) is 5.69 Å². The normalized spacial score (nSPS) is 10.8. The van der Waals surface area contributed by atoms with Crippen molar-refractivity contribution in [2.45, 2.75) is 6.92 Å². The Morgan fingerprint density at radius 1 is 0.964 bits per heavy atom. The summed E-state index contributed by atoms with van der Waals surface area (Å²) < 4.78 is 1.83. The van der Waals surface area contributed by atoms with Gasteiger partial charge in [0, 0.05) is 30.9 Å². The zero-order valence-corrected chi connectivity index (χ0v) is 16.0. The van der Waals surface area contributed by atoms with Crippen molar-refractivity contribution in [1.29, 1.82) is 0 Å². The summed E-state index contributed by atoms with van der Waals surface area (Å²) in [4.78, 5) is 18.1. The average molecular weight is 371 g/mol. The number of hydrogen-bond acceptors (Lipinski definition) is 4. The molecule has 0 saturated heterocycles. The molecule has 0 unspecified atom stereocenters. The summed E-state index contributed by atoms with van der Waals surface area (Å²) in [6.07, 6.45) is 0. The highest BCUT2D eigenvalue weighted by Gasteiger charge is 2.10. The molecule has 6 nitrogen and oxygen atoms in total. The molecule has 0 fully saturated rings. The lowest BCUT2D eigenvalue weighted by molar-refractivity contribution is 0.0827. The summed E-state index contributed by atoms with van der Waals surface area (Å²) in [6, 6.07) is 21.5. The first-order valence-electron chi connectivity index (χ1n) is 9.03. The van der Waals surface area contributed by atoms with Gasteiger partial charge in [-0.3, -0.25) is 4.79 Å². The van der Waals surface area contributed by atoms with Gasteiger partial charge in [-0.05, 0) is 43.3 Å². The van der Waals surface area contributed by atoms with Crippen LogP contribution in [0.15, 0.2) is 66.7 Å². The summed E-state index contributed by atoms with van der Waals surface area (Å²) in [5.41, 5.74) is 5.50. The molecule has 6 heteroatoms. The first-order valence-corrected chi connectivity index (χ1v) is 9.03. The van der Waals surface area contributed by atoms with E-state index < -0.39 is 0 Å².